The number of nitrogens with one attached hydrogen (secondary N) is 2. The number of alkyl carbamates (subject to hydrolysis) is 1. The lowest BCUT2D eigenvalue weighted by atomic mass is 9.94. The minimum Gasteiger partial charge on any atom is -0.481 e. The molecule has 7 nitrogen and oxygen atoms in total. The molecule has 0 unspecified atom stereocenters. The minimum absolute atomic E-state index is 0.0377. The number of hydrogen-bond donors (Lipinski definition) is 3. The fourth-order valence-corrected chi connectivity index (χ4v) is 3.64. The van der Waals surface area contributed by atoms with E-state index in [0.29, 0.717) is 6.42 Å². The average Bonchev–Trinajstić information content (AvgIpc) is 3.08. The van der Waals surface area contributed by atoms with E-state index in [0.717, 1.165) is 22.3 Å². The highest BCUT2D eigenvalue weighted by Crippen LogP contribution is 2.44. The Bertz CT molecular complexity index is 940. The second-order valence-electron chi connectivity index (χ2n) is 8.34. The highest BCUT2D eigenvalue weighted by molar-refractivity contribution is 5.86. The first-order valence-corrected chi connectivity index (χ1v) is 10.4. The number of carboxylic acid groups (broad SMARTS) is 1. The van der Waals surface area contributed by atoms with E-state index in [-0.39, 0.29) is 19.1 Å². The van der Waals surface area contributed by atoms with E-state index >= 15 is 0 Å². The highest BCUT2D eigenvalue weighted by Gasteiger charge is 2.31. The number of hydrogen-bond acceptors (Lipinski definition) is 4. The molecule has 2 aromatic carbocycles. The summed E-state index contributed by atoms with van der Waals surface area (Å²) in [5.74, 6) is -1.51. The predicted molar refractivity (Wildman–Crippen MR) is 117 cm³/mol. The molecule has 0 saturated heterocycles. The Hall–Kier alpha value is -3.35. The van der Waals surface area contributed by atoms with E-state index in [4.69, 9.17) is 9.84 Å². The fraction of sp³-hybridized carbons (Fsp3) is 0.375. The van der Waals surface area contributed by atoms with E-state index in [1.165, 1.54) is 13.8 Å². The van der Waals surface area contributed by atoms with E-state index in [9.17, 15) is 14.4 Å². The second kappa shape index (κ2) is 9.20. The number of fused-ring (bicyclic) bond motifs is 3. The van der Waals surface area contributed by atoms with Gasteiger partial charge in [-0.15, -0.1) is 0 Å². The summed E-state index contributed by atoms with van der Waals surface area (Å²) in [5, 5.41) is 14.3. The molecule has 0 aromatic heterocycles. The van der Waals surface area contributed by atoms with Crippen LogP contribution in [0.25, 0.3) is 11.1 Å². The SMILES string of the molecule is CC[C@@H](NC(=O)OCC1c2ccccc2-c2ccccc21)C(=O)NCC(C)(C)C(=O)O. The number of ether oxygens (including phenoxy) is 1. The van der Waals surface area contributed by atoms with Crippen LogP contribution in [0.1, 0.15) is 44.2 Å². The molecule has 31 heavy (non-hydrogen) atoms. The monoisotopic (exact) mass is 424 g/mol. The van der Waals surface area contributed by atoms with Crippen LogP contribution in [0.2, 0.25) is 0 Å². The van der Waals surface area contributed by atoms with Gasteiger partial charge in [-0.2, -0.15) is 0 Å². The maximum absolute atomic E-state index is 12.4. The molecule has 2 amide bonds. The van der Waals surface area contributed by atoms with Crippen LogP contribution in [0.3, 0.4) is 0 Å². The van der Waals surface area contributed by atoms with Crippen molar-refractivity contribution in [1.29, 1.82) is 0 Å². The van der Waals surface area contributed by atoms with Crippen molar-refractivity contribution < 1.29 is 24.2 Å². The molecule has 0 fully saturated rings. The zero-order chi connectivity index (χ0) is 22.6. The summed E-state index contributed by atoms with van der Waals surface area (Å²) in [5.41, 5.74) is 3.39. The van der Waals surface area contributed by atoms with Crippen molar-refractivity contribution in [3.05, 3.63) is 59.7 Å². The van der Waals surface area contributed by atoms with Crippen LogP contribution in [0.4, 0.5) is 4.79 Å². The van der Waals surface area contributed by atoms with E-state index in [1.807, 2.05) is 36.4 Å². The number of amides is 2. The third kappa shape index (κ3) is 4.87. The smallest absolute Gasteiger partial charge is 0.407 e. The topological polar surface area (TPSA) is 105 Å². The normalized spacial score (nSPS) is 13.6. The number of carboxylic acids is 1. The Kier molecular flexibility index (Phi) is 6.63. The molecule has 0 radical (unpaired) electrons. The van der Waals surface area contributed by atoms with Gasteiger partial charge in [0.2, 0.25) is 5.91 Å². The van der Waals surface area contributed by atoms with Crippen molar-refractivity contribution in [3.8, 4) is 11.1 Å². The average molecular weight is 424 g/mol. The lowest BCUT2D eigenvalue weighted by molar-refractivity contribution is -0.146. The molecule has 3 N–H and O–H groups in total. The molecule has 3 rings (SSSR count). The first kappa shape index (κ1) is 22.3. The zero-order valence-corrected chi connectivity index (χ0v) is 18.0. The zero-order valence-electron chi connectivity index (χ0n) is 18.0. The fourth-order valence-electron chi connectivity index (χ4n) is 3.64. The third-order valence-electron chi connectivity index (χ3n) is 5.64. The number of carbonyl (C=O) groups excluding carboxylic acids is 2. The van der Waals surface area contributed by atoms with Gasteiger partial charge in [0.05, 0.1) is 5.41 Å². The maximum atomic E-state index is 12.4. The summed E-state index contributed by atoms with van der Waals surface area (Å²) >= 11 is 0. The molecule has 1 aliphatic carbocycles. The van der Waals surface area contributed by atoms with Crippen LogP contribution in [-0.2, 0) is 14.3 Å². The number of carbonyl (C=O) groups is 3. The first-order valence-electron chi connectivity index (χ1n) is 10.4. The summed E-state index contributed by atoms with van der Waals surface area (Å²) in [4.78, 5) is 36.0. The summed E-state index contributed by atoms with van der Waals surface area (Å²) in [6.07, 6.45) is -0.329. The lowest BCUT2D eigenvalue weighted by Crippen LogP contribution is -2.49. The molecular formula is C24H28N2O5. The van der Waals surface area contributed by atoms with Gasteiger partial charge >= 0.3 is 12.1 Å². The summed E-state index contributed by atoms with van der Waals surface area (Å²) < 4.78 is 5.48. The van der Waals surface area contributed by atoms with Gasteiger partial charge in [0.25, 0.3) is 0 Å². The van der Waals surface area contributed by atoms with Gasteiger partial charge in [0.1, 0.15) is 12.6 Å². The van der Waals surface area contributed by atoms with Crippen LogP contribution in [0, 0.1) is 5.41 Å². The lowest BCUT2D eigenvalue weighted by Gasteiger charge is -2.22. The van der Waals surface area contributed by atoms with Crippen molar-refractivity contribution in [2.45, 2.75) is 39.2 Å². The Morgan fingerprint density at radius 3 is 2.10 bits per heavy atom. The standard InChI is InChI=1S/C24H28N2O5/c1-4-20(21(27)25-14-24(2,3)22(28)29)26-23(30)31-13-19-17-11-7-5-9-15(17)16-10-6-8-12-18(16)19/h5-12,19-20H,4,13-14H2,1-3H3,(H,25,27)(H,26,30)(H,28,29)/t20-/m1/s1. The van der Waals surface area contributed by atoms with Gasteiger partial charge in [-0.05, 0) is 42.5 Å². The van der Waals surface area contributed by atoms with Crippen LogP contribution < -0.4 is 10.6 Å². The number of benzene rings is 2. The summed E-state index contributed by atoms with van der Waals surface area (Å²) in [7, 11) is 0. The molecule has 164 valence electrons. The van der Waals surface area contributed by atoms with Crippen LogP contribution in [0.5, 0.6) is 0 Å². The highest BCUT2D eigenvalue weighted by atomic mass is 16.5. The molecule has 7 heteroatoms. The summed E-state index contributed by atoms with van der Waals surface area (Å²) in [6, 6.07) is 15.3. The Labute approximate surface area is 181 Å². The van der Waals surface area contributed by atoms with Crippen LogP contribution in [0.15, 0.2) is 48.5 Å². The molecule has 0 heterocycles. The summed E-state index contributed by atoms with van der Waals surface area (Å²) in [6.45, 7) is 4.93. The second-order valence-corrected chi connectivity index (χ2v) is 8.34. The van der Waals surface area contributed by atoms with Gasteiger partial charge in [-0.1, -0.05) is 55.5 Å². The van der Waals surface area contributed by atoms with Gasteiger partial charge in [-0.3, -0.25) is 9.59 Å². The Morgan fingerprint density at radius 1 is 1.03 bits per heavy atom. The van der Waals surface area contributed by atoms with Crippen LogP contribution in [-0.4, -0.2) is 42.3 Å². The molecule has 0 spiro atoms. The quantitative estimate of drug-likeness (QED) is 0.601. The van der Waals surface area contributed by atoms with Gasteiger partial charge in [0.15, 0.2) is 0 Å². The van der Waals surface area contributed by atoms with Crippen molar-refractivity contribution in [2.75, 3.05) is 13.2 Å². The molecule has 0 aliphatic heterocycles. The molecule has 1 aliphatic rings. The number of aliphatic carboxylic acids is 1. The van der Waals surface area contributed by atoms with Crippen LogP contribution >= 0.6 is 0 Å². The van der Waals surface area contributed by atoms with Gasteiger partial charge < -0.3 is 20.5 Å². The van der Waals surface area contributed by atoms with Crippen molar-refractivity contribution in [3.63, 3.8) is 0 Å². The number of rotatable bonds is 8. The van der Waals surface area contributed by atoms with Crippen molar-refractivity contribution in [1.82, 2.24) is 10.6 Å². The molecule has 0 bridgehead atoms. The largest absolute Gasteiger partial charge is 0.481 e. The van der Waals surface area contributed by atoms with E-state index in [1.54, 1.807) is 6.92 Å². The van der Waals surface area contributed by atoms with Gasteiger partial charge in [-0.25, -0.2) is 4.79 Å². The molecule has 0 saturated carbocycles. The third-order valence-corrected chi connectivity index (χ3v) is 5.64. The molecule has 2 aromatic rings. The molecule has 1 atom stereocenters. The first-order chi connectivity index (χ1) is 14.7. The Morgan fingerprint density at radius 2 is 1.58 bits per heavy atom. The maximum Gasteiger partial charge on any atom is 0.407 e. The van der Waals surface area contributed by atoms with Crippen molar-refractivity contribution >= 4 is 18.0 Å². The molecular weight excluding hydrogens is 396 g/mol. The van der Waals surface area contributed by atoms with Crippen molar-refractivity contribution in [2.24, 2.45) is 5.41 Å². The van der Waals surface area contributed by atoms with E-state index < -0.39 is 29.4 Å². The minimum atomic E-state index is -1.10. The predicted octanol–water partition coefficient (Wildman–Crippen LogP) is 3.53. The van der Waals surface area contributed by atoms with Gasteiger partial charge in [0, 0.05) is 12.5 Å². The Balaban J connectivity index is 1.59. The van der Waals surface area contributed by atoms with E-state index in [2.05, 4.69) is 22.8 Å².